The van der Waals surface area contributed by atoms with E-state index in [1.54, 1.807) is 6.08 Å². The minimum Gasteiger partial charge on any atom is -0.686 e. The van der Waals surface area contributed by atoms with Crippen LogP contribution in [0.4, 0.5) is 0 Å². The molecule has 207 valence electrons. The molecule has 0 N–H and O–H groups in total. The summed E-state index contributed by atoms with van der Waals surface area (Å²) in [5.41, 5.74) is 9.53. The molecule has 2 aromatic heterocycles. The van der Waals surface area contributed by atoms with Gasteiger partial charge in [-0.15, -0.1) is 35.4 Å². The van der Waals surface area contributed by atoms with E-state index in [0.717, 1.165) is 39.4 Å². The van der Waals surface area contributed by atoms with Crippen molar-refractivity contribution in [2.75, 3.05) is 0 Å². The molecule has 6 rings (SSSR count). The number of aryl methyl sites for hydroxylation is 1. The summed E-state index contributed by atoms with van der Waals surface area (Å²) in [5.74, 6) is 1.04. The first-order valence-corrected chi connectivity index (χ1v) is 13.4. The monoisotopic (exact) mass is 707 g/mol. The second-order valence-corrected chi connectivity index (χ2v) is 11.0. The number of nitrogens with zero attached hydrogens (tertiary/aromatic N) is 2. The maximum Gasteiger partial charge on any atom is 0.151 e. The fourth-order valence-electron chi connectivity index (χ4n) is 5.74. The van der Waals surface area contributed by atoms with E-state index in [1.807, 2.05) is 45.0 Å². The Balaban J connectivity index is 0.000000292. The van der Waals surface area contributed by atoms with E-state index in [4.69, 9.17) is 9.40 Å². The van der Waals surface area contributed by atoms with Gasteiger partial charge >= 0.3 is 0 Å². The Bertz CT molecular complexity index is 1740. The molecule has 0 atom stereocenters. The van der Waals surface area contributed by atoms with Crippen molar-refractivity contribution in [2.24, 2.45) is 0 Å². The first-order chi connectivity index (χ1) is 18.6. The van der Waals surface area contributed by atoms with Crippen molar-refractivity contribution in [3.8, 4) is 22.6 Å². The number of para-hydroxylation sites is 2. The summed E-state index contributed by atoms with van der Waals surface area (Å²) >= 11 is 0. The summed E-state index contributed by atoms with van der Waals surface area (Å²) in [6, 6.07) is 26.7. The van der Waals surface area contributed by atoms with Gasteiger partial charge in [-0.3, -0.25) is 9.78 Å². The molecule has 4 nitrogen and oxygen atoms in total. The molecule has 1 aliphatic rings. The van der Waals surface area contributed by atoms with Crippen molar-refractivity contribution in [1.29, 1.82) is 0 Å². The van der Waals surface area contributed by atoms with Crippen LogP contribution < -0.4 is 0 Å². The van der Waals surface area contributed by atoms with Crippen LogP contribution in [0.25, 0.3) is 49.8 Å². The average molecular weight is 707 g/mol. The van der Waals surface area contributed by atoms with Crippen molar-refractivity contribution >= 4 is 27.7 Å². The number of allylic oxidation sites excluding steroid dienone is 2. The quantitative estimate of drug-likeness (QED) is 0.138. The van der Waals surface area contributed by atoms with Crippen molar-refractivity contribution in [3.63, 3.8) is 0 Å². The maximum atomic E-state index is 10.5. The third-order valence-electron chi connectivity index (χ3n) is 7.14. The largest absolute Gasteiger partial charge is 0.686 e. The zero-order valence-corrected chi connectivity index (χ0v) is 26.4. The van der Waals surface area contributed by atoms with E-state index in [-0.39, 0.29) is 37.3 Å². The molecular formula is C35H34IrN2O2-2. The molecule has 0 unspecified atom stereocenters. The summed E-state index contributed by atoms with van der Waals surface area (Å²) in [7, 11) is 0. The standard InChI is InChI=1S/C27H20NO.C8H15NO.Ir/c1-16-15-22(28-21-13-6-4-9-17(16)21)18-11-8-12-20-24(18)27(2,3)25-19-10-5-7-14-23(19)29-26(20)25;1-6(2)9-7(3)5-8(4)10;/h4-10,12-15H,1-3H3;5-6H,1-4H3,(H,9,10);/q-1;;/p-1. The van der Waals surface area contributed by atoms with Gasteiger partial charge in [0.2, 0.25) is 0 Å². The molecule has 40 heavy (non-hydrogen) atoms. The van der Waals surface area contributed by atoms with Gasteiger partial charge in [-0.2, -0.15) is 5.70 Å². The van der Waals surface area contributed by atoms with Gasteiger partial charge in [0, 0.05) is 36.4 Å². The molecule has 0 aliphatic heterocycles. The van der Waals surface area contributed by atoms with Crippen molar-refractivity contribution in [2.45, 2.75) is 59.9 Å². The molecular weight excluding hydrogens is 673 g/mol. The Hall–Kier alpha value is -3.53. The third kappa shape index (κ3) is 5.41. The van der Waals surface area contributed by atoms with Crippen LogP contribution in [0.3, 0.4) is 0 Å². The summed E-state index contributed by atoms with van der Waals surface area (Å²) < 4.78 is 6.32. The first kappa shape index (κ1) is 29.5. The van der Waals surface area contributed by atoms with Crippen LogP contribution in [0.5, 0.6) is 0 Å². The molecule has 1 aliphatic carbocycles. The van der Waals surface area contributed by atoms with Crippen molar-refractivity contribution < 1.29 is 29.3 Å². The van der Waals surface area contributed by atoms with E-state index in [9.17, 15) is 4.79 Å². The summed E-state index contributed by atoms with van der Waals surface area (Å²) in [5, 5.41) is 6.55. The van der Waals surface area contributed by atoms with Gasteiger partial charge in [-0.05, 0) is 48.7 Å². The van der Waals surface area contributed by atoms with Gasteiger partial charge in [0.05, 0.1) is 5.52 Å². The van der Waals surface area contributed by atoms with Crippen LogP contribution in [-0.2, 0) is 30.3 Å². The fourth-order valence-corrected chi connectivity index (χ4v) is 5.74. The van der Waals surface area contributed by atoms with E-state index in [1.165, 1.54) is 34.4 Å². The fraction of sp³-hybridized carbons (Fsp3) is 0.257. The van der Waals surface area contributed by atoms with E-state index in [2.05, 4.69) is 74.6 Å². The molecule has 0 spiro atoms. The van der Waals surface area contributed by atoms with Crippen LogP contribution >= 0.6 is 0 Å². The van der Waals surface area contributed by atoms with Crippen LogP contribution in [0, 0.1) is 13.0 Å². The van der Waals surface area contributed by atoms with Crippen LogP contribution in [-0.4, -0.2) is 16.8 Å². The van der Waals surface area contributed by atoms with Crippen molar-refractivity contribution in [3.05, 3.63) is 107 Å². The number of ketones is 1. The molecule has 5 heteroatoms. The molecule has 1 radical (unpaired) electrons. The maximum absolute atomic E-state index is 10.5. The number of fused-ring (bicyclic) bond motifs is 6. The minimum atomic E-state index is -0.189. The summed E-state index contributed by atoms with van der Waals surface area (Å²) in [6.07, 6.45) is 1.54. The Morgan fingerprint density at radius 1 is 1.00 bits per heavy atom. The second-order valence-electron chi connectivity index (χ2n) is 11.0. The number of aromatic nitrogens is 1. The Morgan fingerprint density at radius 2 is 1.68 bits per heavy atom. The number of carbonyl (C=O) groups excluding carboxylic acids is 1. The molecule has 0 fully saturated rings. The topological polar surface area (TPSA) is 57.2 Å². The van der Waals surface area contributed by atoms with Gasteiger partial charge in [0.25, 0.3) is 0 Å². The van der Waals surface area contributed by atoms with Crippen LogP contribution in [0.1, 0.15) is 58.2 Å². The van der Waals surface area contributed by atoms with Gasteiger partial charge in [-0.1, -0.05) is 82.6 Å². The number of hydrogen-bond acceptors (Lipinski definition) is 3. The Morgan fingerprint density at radius 3 is 2.38 bits per heavy atom. The number of furan rings is 1. The van der Waals surface area contributed by atoms with Crippen LogP contribution in [0.2, 0.25) is 0 Å². The smallest absolute Gasteiger partial charge is 0.151 e. The molecule has 0 saturated heterocycles. The third-order valence-corrected chi connectivity index (χ3v) is 7.14. The van der Waals surface area contributed by atoms with E-state index >= 15 is 0 Å². The van der Waals surface area contributed by atoms with Gasteiger partial charge in [0.15, 0.2) is 5.78 Å². The predicted octanol–water partition coefficient (Wildman–Crippen LogP) is 9.32. The van der Waals surface area contributed by atoms with E-state index < -0.39 is 0 Å². The molecule has 5 aromatic rings. The normalized spacial score (nSPS) is 13.3. The van der Waals surface area contributed by atoms with Gasteiger partial charge in [0.1, 0.15) is 11.3 Å². The minimum absolute atomic E-state index is 0. The van der Waals surface area contributed by atoms with Crippen molar-refractivity contribution in [1.82, 2.24) is 4.98 Å². The molecule has 3 aromatic carbocycles. The summed E-state index contributed by atoms with van der Waals surface area (Å²) in [6.45, 7) is 14.0. The summed E-state index contributed by atoms with van der Waals surface area (Å²) in [4.78, 5) is 15.5. The zero-order chi connectivity index (χ0) is 27.9. The van der Waals surface area contributed by atoms with Gasteiger partial charge in [-0.25, -0.2) is 0 Å². The molecule has 0 saturated carbocycles. The second kappa shape index (κ2) is 11.5. The Kier molecular flexibility index (Phi) is 8.49. The molecule has 0 amide bonds. The zero-order valence-electron chi connectivity index (χ0n) is 24.0. The first-order valence-electron chi connectivity index (χ1n) is 13.4. The number of hydrogen-bond donors (Lipinski definition) is 0. The number of pyridine rings is 1. The number of carbonyl (C=O) groups is 1. The molecule has 0 bridgehead atoms. The SMILES string of the molecule is CC(=O)/C=C(/C)[N-]C(C)C.Cc1cc(-c2[c-]ccc3c2C(C)(C)c2c-3oc3ccccc23)nc2ccccc12.[Ir]. The van der Waals surface area contributed by atoms with Crippen LogP contribution in [0.15, 0.2) is 82.9 Å². The number of benzene rings is 3. The van der Waals surface area contributed by atoms with Gasteiger partial charge < -0.3 is 9.73 Å². The van der Waals surface area contributed by atoms with E-state index in [0.29, 0.717) is 0 Å². The number of rotatable bonds is 4. The molecule has 2 heterocycles. The predicted molar refractivity (Wildman–Crippen MR) is 161 cm³/mol. The average Bonchev–Trinajstić information content (AvgIpc) is 3.37. The Labute approximate surface area is 250 Å².